The van der Waals surface area contributed by atoms with Gasteiger partial charge in [0.05, 0.1) is 6.61 Å². The van der Waals surface area contributed by atoms with Crippen molar-refractivity contribution in [1.29, 1.82) is 0 Å². The number of benzene rings is 1. The van der Waals surface area contributed by atoms with Crippen LogP contribution in [0.25, 0.3) is 0 Å². The van der Waals surface area contributed by atoms with E-state index in [-0.39, 0.29) is 11.2 Å². The first kappa shape index (κ1) is 14.5. The average Bonchev–Trinajstić information content (AvgIpc) is 2.29. The van der Waals surface area contributed by atoms with Crippen LogP contribution < -0.4 is 10.5 Å². The highest BCUT2D eigenvalue weighted by Gasteiger charge is 2.14. The van der Waals surface area contributed by atoms with E-state index in [2.05, 4.69) is 29.8 Å². The second-order valence-electron chi connectivity index (χ2n) is 4.90. The number of rotatable bonds is 6. The number of halogens is 2. The topological polar surface area (TPSA) is 35.2 Å². The molecule has 1 aromatic rings. The Bertz CT molecular complexity index is 368. The normalized spacial score (nSPS) is 11.6. The summed E-state index contributed by atoms with van der Waals surface area (Å²) < 4.78 is 19.6. The smallest absolute Gasteiger partial charge is 0.165 e. The van der Waals surface area contributed by atoms with Crippen LogP contribution in [0.15, 0.2) is 22.7 Å². The highest BCUT2D eigenvalue weighted by Crippen LogP contribution is 2.24. The summed E-state index contributed by atoms with van der Waals surface area (Å²) in [6.07, 6.45) is 1.84. The van der Waals surface area contributed by atoms with Crippen LogP contribution in [0.1, 0.15) is 26.7 Å². The number of nitrogens with two attached hydrogens (primary N) is 1. The Morgan fingerprint density at radius 2 is 2.12 bits per heavy atom. The third kappa shape index (κ3) is 5.04. The molecule has 0 saturated carbocycles. The molecule has 0 unspecified atom stereocenters. The third-order valence-electron chi connectivity index (χ3n) is 2.70. The maximum absolute atomic E-state index is 13.3. The van der Waals surface area contributed by atoms with E-state index in [0.29, 0.717) is 18.9 Å². The Hall–Kier alpha value is -0.610. The molecular formula is C13H19BrFNO. The van der Waals surface area contributed by atoms with Crippen molar-refractivity contribution in [2.24, 2.45) is 11.1 Å². The predicted octanol–water partition coefficient (Wildman–Crippen LogP) is 3.73. The van der Waals surface area contributed by atoms with Gasteiger partial charge in [-0.25, -0.2) is 4.39 Å². The van der Waals surface area contributed by atoms with Crippen molar-refractivity contribution in [3.63, 3.8) is 0 Å². The molecule has 0 radical (unpaired) electrons. The van der Waals surface area contributed by atoms with Crippen LogP contribution in [0.2, 0.25) is 0 Å². The summed E-state index contributed by atoms with van der Waals surface area (Å²) in [6, 6.07) is 4.69. The monoisotopic (exact) mass is 303 g/mol. The molecule has 17 heavy (non-hydrogen) atoms. The van der Waals surface area contributed by atoms with Gasteiger partial charge in [0.1, 0.15) is 0 Å². The van der Waals surface area contributed by atoms with E-state index in [9.17, 15) is 4.39 Å². The molecule has 0 bridgehead atoms. The summed E-state index contributed by atoms with van der Waals surface area (Å²) >= 11 is 3.29. The van der Waals surface area contributed by atoms with Crippen LogP contribution in [0.3, 0.4) is 0 Å². The van der Waals surface area contributed by atoms with Crippen LogP contribution in [0.4, 0.5) is 4.39 Å². The second kappa shape index (κ2) is 6.36. The van der Waals surface area contributed by atoms with Crippen LogP contribution in [0.5, 0.6) is 5.75 Å². The molecule has 0 aliphatic heterocycles. The van der Waals surface area contributed by atoms with E-state index in [1.54, 1.807) is 12.1 Å². The molecule has 2 nitrogen and oxygen atoms in total. The summed E-state index contributed by atoms with van der Waals surface area (Å²) in [7, 11) is 0. The van der Waals surface area contributed by atoms with Gasteiger partial charge in [0, 0.05) is 4.47 Å². The predicted molar refractivity (Wildman–Crippen MR) is 71.7 cm³/mol. The highest BCUT2D eigenvalue weighted by molar-refractivity contribution is 9.10. The highest BCUT2D eigenvalue weighted by atomic mass is 79.9. The minimum absolute atomic E-state index is 0.124. The van der Waals surface area contributed by atoms with Crippen molar-refractivity contribution in [2.45, 2.75) is 26.7 Å². The van der Waals surface area contributed by atoms with Gasteiger partial charge in [0.15, 0.2) is 11.6 Å². The lowest BCUT2D eigenvalue weighted by Gasteiger charge is -2.21. The Labute approximate surface area is 110 Å². The summed E-state index contributed by atoms with van der Waals surface area (Å²) in [5.41, 5.74) is 5.76. The lowest BCUT2D eigenvalue weighted by atomic mass is 9.88. The molecule has 1 rings (SSSR count). The summed E-state index contributed by atoms with van der Waals surface area (Å²) in [6.45, 7) is 5.40. The molecule has 0 spiro atoms. The lowest BCUT2D eigenvalue weighted by molar-refractivity contribution is 0.253. The van der Waals surface area contributed by atoms with Crippen LogP contribution >= 0.6 is 15.9 Å². The fourth-order valence-corrected chi connectivity index (χ4v) is 1.76. The van der Waals surface area contributed by atoms with Crippen LogP contribution in [0, 0.1) is 11.2 Å². The Balaban J connectivity index is 2.38. The zero-order valence-electron chi connectivity index (χ0n) is 10.3. The first-order valence-electron chi connectivity index (χ1n) is 5.72. The number of ether oxygens (including phenoxy) is 1. The van der Waals surface area contributed by atoms with Crippen molar-refractivity contribution in [1.82, 2.24) is 0 Å². The van der Waals surface area contributed by atoms with E-state index in [1.807, 2.05) is 0 Å². The van der Waals surface area contributed by atoms with E-state index < -0.39 is 0 Å². The summed E-state index contributed by atoms with van der Waals surface area (Å²) in [5, 5.41) is 0. The minimum Gasteiger partial charge on any atom is -0.490 e. The number of hydrogen-bond donors (Lipinski definition) is 1. The average molecular weight is 304 g/mol. The molecule has 1 aromatic carbocycles. The van der Waals surface area contributed by atoms with Gasteiger partial charge in [-0.05, 0) is 43.0 Å². The van der Waals surface area contributed by atoms with Crippen LogP contribution in [-0.4, -0.2) is 13.2 Å². The Morgan fingerprint density at radius 3 is 2.76 bits per heavy atom. The molecule has 0 aliphatic carbocycles. The standard InChI is InChI=1S/C13H19BrFNO/c1-13(2,9-16)6-3-7-17-12-8-10(14)4-5-11(12)15/h4-5,8H,3,6-7,9,16H2,1-2H3. The van der Waals surface area contributed by atoms with Gasteiger partial charge >= 0.3 is 0 Å². The minimum atomic E-state index is -0.328. The molecule has 0 fully saturated rings. The van der Waals surface area contributed by atoms with Gasteiger partial charge in [0.25, 0.3) is 0 Å². The van der Waals surface area contributed by atoms with Gasteiger partial charge in [-0.1, -0.05) is 29.8 Å². The molecule has 0 saturated heterocycles. The molecule has 2 N–H and O–H groups in total. The maximum atomic E-state index is 13.3. The van der Waals surface area contributed by atoms with Crippen molar-refractivity contribution in [2.75, 3.05) is 13.2 Å². The zero-order valence-corrected chi connectivity index (χ0v) is 11.9. The zero-order chi connectivity index (χ0) is 12.9. The maximum Gasteiger partial charge on any atom is 0.165 e. The van der Waals surface area contributed by atoms with Gasteiger partial charge in [-0.15, -0.1) is 0 Å². The molecule has 0 atom stereocenters. The summed E-state index contributed by atoms with van der Waals surface area (Å²) in [4.78, 5) is 0. The van der Waals surface area contributed by atoms with Crippen molar-refractivity contribution < 1.29 is 9.13 Å². The third-order valence-corrected chi connectivity index (χ3v) is 3.19. The summed E-state index contributed by atoms with van der Waals surface area (Å²) in [5.74, 6) is -0.0313. The number of hydrogen-bond acceptors (Lipinski definition) is 2. The molecule has 0 aromatic heterocycles. The van der Waals surface area contributed by atoms with E-state index in [4.69, 9.17) is 10.5 Å². The lowest BCUT2D eigenvalue weighted by Crippen LogP contribution is -2.24. The molecule has 0 aliphatic rings. The molecule has 4 heteroatoms. The van der Waals surface area contributed by atoms with Crippen molar-refractivity contribution >= 4 is 15.9 Å². The molecule has 96 valence electrons. The van der Waals surface area contributed by atoms with Gasteiger partial charge < -0.3 is 10.5 Å². The van der Waals surface area contributed by atoms with E-state index in [0.717, 1.165) is 17.3 Å². The molecule has 0 heterocycles. The van der Waals surface area contributed by atoms with E-state index in [1.165, 1.54) is 6.07 Å². The fourth-order valence-electron chi connectivity index (χ4n) is 1.42. The SMILES string of the molecule is CC(C)(CN)CCCOc1cc(Br)ccc1F. The Morgan fingerprint density at radius 1 is 1.41 bits per heavy atom. The first-order chi connectivity index (χ1) is 7.94. The fraction of sp³-hybridized carbons (Fsp3) is 0.538. The second-order valence-corrected chi connectivity index (χ2v) is 5.81. The first-order valence-corrected chi connectivity index (χ1v) is 6.52. The Kier molecular flexibility index (Phi) is 5.40. The van der Waals surface area contributed by atoms with Crippen molar-refractivity contribution in [3.05, 3.63) is 28.5 Å². The van der Waals surface area contributed by atoms with Gasteiger partial charge in [-0.3, -0.25) is 0 Å². The van der Waals surface area contributed by atoms with Crippen molar-refractivity contribution in [3.8, 4) is 5.75 Å². The van der Waals surface area contributed by atoms with Gasteiger partial charge in [0.2, 0.25) is 0 Å². The largest absolute Gasteiger partial charge is 0.490 e. The van der Waals surface area contributed by atoms with E-state index >= 15 is 0 Å². The van der Waals surface area contributed by atoms with Crippen LogP contribution in [-0.2, 0) is 0 Å². The molecule has 0 amide bonds. The van der Waals surface area contributed by atoms with Gasteiger partial charge in [-0.2, -0.15) is 0 Å². The quantitative estimate of drug-likeness (QED) is 0.813. The molecular weight excluding hydrogens is 285 g/mol.